The van der Waals surface area contributed by atoms with Gasteiger partial charge in [-0.25, -0.2) is 4.39 Å². The molecule has 1 aliphatic heterocycles. The molecule has 1 amide bonds. The van der Waals surface area contributed by atoms with Gasteiger partial charge in [-0.3, -0.25) is 9.59 Å². The highest BCUT2D eigenvalue weighted by Crippen LogP contribution is 2.27. The molecule has 1 saturated heterocycles. The molecule has 3 N–H and O–H groups in total. The average Bonchev–Trinajstić information content (AvgIpc) is 3.28. The van der Waals surface area contributed by atoms with Crippen LogP contribution in [0, 0.1) is 5.82 Å². The third kappa shape index (κ3) is 5.74. The molecule has 7 heteroatoms. The topological polar surface area (TPSA) is 85.4 Å². The molecule has 1 fully saturated rings. The minimum atomic E-state index is -0.747. The van der Waals surface area contributed by atoms with Gasteiger partial charge in [0.15, 0.2) is 0 Å². The monoisotopic (exact) mass is 449 g/mol. The van der Waals surface area contributed by atoms with E-state index >= 15 is 0 Å². The van der Waals surface area contributed by atoms with Gasteiger partial charge in [0.2, 0.25) is 5.56 Å². The van der Waals surface area contributed by atoms with Gasteiger partial charge in [-0.2, -0.15) is 0 Å². The quantitative estimate of drug-likeness (QED) is 0.517. The number of hydrogen-bond donors (Lipinski definition) is 3. The van der Waals surface area contributed by atoms with Crippen molar-refractivity contribution in [2.24, 2.45) is 0 Å². The molecule has 1 aromatic heterocycles. The number of H-pyrrole nitrogens is 1. The number of aliphatic hydroxyl groups is 1. The number of amides is 1. The number of carbonyl (C=O) groups is 1. The van der Waals surface area contributed by atoms with Crippen LogP contribution in [0.25, 0.3) is 0 Å². The van der Waals surface area contributed by atoms with E-state index in [1.165, 1.54) is 18.2 Å². The van der Waals surface area contributed by atoms with Gasteiger partial charge in [-0.1, -0.05) is 30.3 Å². The van der Waals surface area contributed by atoms with Gasteiger partial charge in [0.25, 0.3) is 5.91 Å². The van der Waals surface area contributed by atoms with Crippen molar-refractivity contribution in [1.82, 2.24) is 15.2 Å². The maximum absolute atomic E-state index is 13.5. The van der Waals surface area contributed by atoms with Crippen molar-refractivity contribution in [2.45, 2.75) is 44.0 Å². The lowest BCUT2D eigenvalue weighted by atomic mass is 10.0. The molecule has 0 unspecified atom stereocenters. The summed E-state index contributed by atoms with van der Waals surface area (Å²) in [4.78, 5) is 28.1. The average molecular weight is 450 g/mol. The molecule has 1 aliphatic rings. The second kappa shape index (κ2) is 10.1. The zero-order valence-corrected chi connectivity index (χ0v) is 18.5. The van der Waals surface area contributed by atoms with Crippen LogP contribution in [0.1, 0.15) is 46.0 Å². The molecule has 33 heavy (non-hydrogen) atoms. The standard InChI is InChI=1S/C26H28FN3O3/c1-30(16-18-7-12-24(31)28-15-18)26(33)19-8-5-17(6-9-19)13-22-10-11-23(29-22)25(32)20-3-2-4-21(27)14-20/h2-9,12,14-15,22-23,25,29,32H,10-11,13,16H2,1H3,(H,28,31)/t22-,23+,25+/m0/s1. The predicted octanol–water partition coefficient (Wildman–Crippen LogP) is 3.18. The maximum Gasteiger partial charge on any atom is 0.253 e. The molecule has 0 saturated carbocycles. The van der Waals surface area contributed by atoms with Crippen molar-refractivity contribution in [2.75, 3.05) is 7.05 Å². The summed E-state index contributed by atoms with van der Waals surface area (Å²) in [7, 11) is 1.73. The molecule has 0 bridgehead atoms. The van der Waals surface area contributed by atoms with E-state index in [2.05, 4.69) is 10.3 Å². The first-order chi connectivity index (χ1) is 15.9. The van der Waals surface area contributed by atoms with Crippen molar-refractivity contribution < 1.29 is 14.3 Å². The number of nitrogens with zero attached hydrogens (tertiary/aromatic N) is 1. The Labute approximate surface area is 192 Å². The molecule has 3 aromatic rings. The molecule has 3 atom stereocenters. The zero-order chi connectivity index (χ0) is 23.4. The Morgan fingerprint density at radius 3 is 2.58 bits per heavy atom. The molecule has 2 heterocycles. The Balaban J connectivity index is 1.31. The molecular formula is C26H28FN3O3. The van der Waals surface area contributed by atoms with E-state index in [-0.39, 0.29) is 29.4 Å². The van der Waals surface area contributed by atoms with E-state index < -0.39 is 6.10 Å². The second-order valence-electron chi connectivity index (χ2n) is 8.67. The number of halogens is 1. The van der Waals surface area contributed by atoms with Crippen molar-refractivity contribution in [3.63, 3.8) is 0 Å². The third-order valence-corrected chi connectivity index (χ3v) is 6.15. The summed E-state index contributed by atoms with van der Waals surface area (Å²) in [5.41, 5.74) is 2.97. The molecule has 172 valence electrons. The predicted molar refractivity (Wildman–Crippen MR) is 124 cm³/mol. The number of rotatable bonds is 7. The Morgan fingerprint density at radius 2 is 1.88 bits per heavy atom. The molecule has 6 nitrogen and oxygen atoms in total. The van der Waals surface area contributed by atoms with Crippen LogP contribution in [0.4, 0.5) is 4.39 Å². The van der Waals surface area contributed by atoms with E-state index in [1.54, 1.807) is 36.3 Å². The lowest BCUT2D eigenvalue weighted by molar-refractivity contribution is 0.0785. The van der Waals surface area contributed by atoms with Gasteiger partial charge in [-0.15, -0.1) is 0 Å². The largest absolute Gasteiger partial charge is 0.387 e. The lowest BCUT2D eigenvalue weighted by Crippen LogP contribution is -2.35. The molecule has 0 aliphatic carbocycles. The minimum Gasteiger partial charge on any atom is -0.387 e. The summed E-state index contributed by atoms with van der Waals surface area (Å²) in [6, 6.07) is 16.9. The highest BCUT2D eigenvalue weighted by atomic mass is 19.1. The first kappa shape index (κ1) is 22.9. The highest BCUT2D eigenvalue weighted by molar-refractivity contribution is 5.94. The number of carbonyl (C=O) groups excluding carboxylic acids is 1. The van der Waals surface area contributed by atoms with Crippen LogP contribution in [0.2, 0.25) is 0 Å². The highest BCUT2D eigenvalue weighted by Gasteiger charge is 2.30. The van der Waals surface area contributed by atoms with E-state index in [9.17, 15) is 19.1 Å². The summed E-state index contributed by atoms with van der Waals surface area (Å²) < 4.78 is 13.5. The van der Waals surface area contributed by atoms with E-state index in [4.69, 9.17) is 0 Å². The van der Waals surface area contributed by atoms with Crippen LogP contribution < -0.4 is 10.9 Å². The smallest absolute Gasteiger partial charge is 0.253 e. The second-order valence-corrected chi connectivity index (χ2v) is 8.67. The summed E-state index contributed by atoms with van der Waals surface area (Å²) in [5, 5.41) is 14.1. The normalized spacial score (nSPS) is 18.8. The van der Waals surface area contributed by atoms with Crippen molar-refractivity contribution in [3.8, 4) is 0 Å². The summed E-state index contributed by atoms with van der Waals surface area (Å²) in [6.45, 7) is 0.401. The van der Waals surface area contributed by atoms with E-state index in [0.717, 1.165) is 30.4 Å². The van der Waals surface area contributed by atoms with Crippen LogP contribution in [0.15, 0.2) is 71.7 Å². The van der Waals surface area contributed by atoms with Crippen LogP contribution in [0.3, 0.4) is 0 Å². The number of nitrogens with one attached hydrogen (secondary N) is 2. The Hall–Kier alpha value is -3.29. The van der Waals surface area contributed by atoms with Crippen molar-refractivity contribution >= 4 is 5.91 Å². The summed E-state index contributed by atoms with van der Waals surface area (Å²) >= 11 is 0. The number of aromatic nitrogens is 1. The number of aliphatic hydroxyl groups excluding tert-OH is 1. The molecular weight excluding hydrogens is 421 g/mol. The Kier molecular flexibility index (Phi) is 7.01. The first-order valence-corrected chi connectivity index (χ1v) is 11.1. The molecule has 2 aromatic carbocycles. The summed E-state index contributed by atoms with van der Waals surface area (Å²) in [5.74, 6) is -0.440. The van der Waals surface area contributed by atoms with Gasteiger partial charge < -0.3 is 20.3 Å². The van der Waals surface area contributed by atoms with Gasteiger partial charge in [0.05, 0.1) is 6.10 Å². The van der Waals surface area contributed by atoms with Crippen LogP contribution in [-0.2, 0) is 13.0 Å². The minimum absolute atomic E-state index is 0.0926. The Bertz CT molecular complexity index is 1140. The third-order valence-electron chi connectivity index (χ3n) is 6.15. The fourth-order valence-corrected chi connectivity index (χ4v) is 4.36. The molecule has 0 spiro atoms. The van der Waals surface area contributed by atoms with E-state index in [0.29, 0.717) is 17.7 Å². The van der Waals surface area contributed by atoms with Gasteiger partial charge in [-0.05, 0) is 60.2 Å². The lowest BCUT2D eigenvalue weighted by Gasteiger charge is -2.21. The Morgan fingerprint density at radius 1 is 1.12 bits per heavy atom. The zero-order valence-electron chi connectivity index (χ0n) is 18.5. The number of hydrogen-bond acceptors (Lipinski definition) is 4. The summed E-state index contributed by atoms with van der Waals surface area (Å²) in [6.07, 6.45) is 3.38. The van der Waals surface area contributed by atoms with Gasteiger partial charge >= 0.3 is 0 Å². The maximum atomic E-state index is 13.5. The first-order valence-electron chi connectivity index (χ1n) is 11.1. The van der Waals surface area contributed by atoms with Crippen LogP contribution in [0.5, 0.6) is 0 Å². The molecule has 0 radical (unpaired) electrons. The fourth-order valence-electron chi connectivity index (χ4n) is 4.36. The number of pyridine rings is 1. The number of aromatic amines is 1. The SMILES string of the molecule is CN(Cc1ccc(=O)[nH]c1)C(=O)c1ccc(C[C@@H]2CC[C@H]([C@H](O)c3cccc(F)c3)N2)cc1. The van der Waals surface area contributed by atoms with Crippen LogP contribution >= 0.6 is 0 Å². The van der Waals surface area contributed by atoms with Gasteiger partial charge in [0.1, 0.15) is 5.82 Å². The van der Waals surface area contributed by atoms with E-state index in [1.807, 2.05) is 24.3 Å². The van der Waals surface area contributed by atoms with Crippen molar-refractivity contribution in [1.29, 1.82) is 0 Å². The van der Waals surface area contributed by atoms with Crippen molar-refractivity contribution in [3.05, 3.63) is 105 Å². The fraction of sp³-hybridized carbons (Fsp3) is 0.308. The van der Waals surface area contributed by atoms with Crippen LogP contribution in [-0.4, -0.2) is 40.0 Å². The molecule has 4 rings (SSSR count). The van der Waals surface area contributed by atoms with Gasteiger partial charge in [0, 0.05) is 43.5 Å². The number of benzene rings is 2.